The fourth-order valence-corrected chi connectivity index (χ4v) is 3.75. The van der Waals surface area contributed by atoms with Crippen LogP contribution in [0.4, 0.5) is 5.69 Å². The number of methoxy groups -OCH3 is 1. The SMILES string of the molecule is COC(=O)c1cc(N)ccc1S(=O)(=O)N1CC(O)C(O)C1. The van der Waals surface area contributed by atoms with Crippen LogP contribution in [0.3, 0.4) is 0 Å². The lowest BCUT2D eigenvalue weighted by Gasteiger charge is -2.17. The van der Waals surface area contributed by atoms with Crippen molar-refractivity contribution in [2.45, 2.75) is 17.1 Å². The number of anilines is 1. The van der Waals surface area contributed by atoms with Crippen molar-refractivity contribution < 1.29 is 28.2 Å². The Bertz CT molecular complexity index is 650. The highest BCUT2D eigenvalue weighted by Gasteiger charge is 2.39. The molecule has 1 saturated heterocycles. The maximum atomic E-state index is 12.5. The van der Waals surface area contributed by atoms with E-state index in [1.54, 1.807) is 0 Å². The van der Waals surface area contributed by atoms with Gasteiger partial charge in [-0.05, 0) is 18.2 Å². The van der Waals surface area contributed by atoms with E-state index in [0.717, 1.165) is 11.4 Å². The summed E-state index contributed by atoms with van der Waals surface area (Å²) in [6.45, 7) is -0.483. The topological polar surface area (TPSA) is 130 Å². The Labute approximate surface area is 121 Å². The van der Waals surface area contributed by atoms with Crippen LogP contribution in [0.15, 0.2) is 23.1 Å². The molecule has 0 aliphatic carbocycles. The van der Waals surface area contributed by atoms with E-state index >= 15 is 0 Å². The van der Waals surface area contributed by atoms with Crippen molar-refractivity contribution in [3.8, 4) is 0 Å². The van der Waals surface area contributed by atoms with E-state index in [1.807, 2.05) is 0 Å². The van der Waals surface area contributed by atoms with Crippen molar-refractivity contribution in [3.05, 3.63) is 23.8 Å². The van der Waals surface area contributed by atoms with Gasteiger partial charge in [-0.2, -0.15) is 4.31 Å². The third kappa shape index (κ3) is 2.86. The number of nitrogens with two attached hydrogens (primary N) is 1. The van der Waals surface area contributed by atoms with Crippen LogP contribution < -0.4 is 5.73 Å². The second kappa shape index (κ2) is 5.60. The van der Waals surface area contributed by atoms with E-state index in [9.17, 15) is 23.4 Å². The minimum Gasteiger partial charge on any atom is -0.465 e. The number of β-amino-alcohol motifs (C(OH)–C–C–N with tert-alkyl or cyclic N) is 2. The maximum Gasteiger partial charge on any atom is 0.339 e. The number of rotatable bonds is 3. The number of carbonyl (C=O) groups is 1. The molecule has 8 nitrogen and oxygen atoms in total. The molecular weight excluding hydrogens is 300 g/mol. The molecule has 0 spiro atoms. The number of esters is 1. The normalized spacial score (nSPS) is 23.2. The van der Waals surface area contributed by atoms with Crippen LogP contribution >= 0.6 is 0 Å². The Hall–Kier alpha value is -1.68. The number of ether oxygens (including phenoxy) is 1. The second-order valence-electron chi connectivity index (χ2n) is 4.70. The van der Waals surface area contributed by atoms with Crippen molar-refractivity contribution in [3.63, 3.8) is 0 Å². The molecule has 1 aliphatic heterocycles. The molecule has 2 atom stereocenters. The number of hydrogen-bond acceptors (Lipinski definition) is 7. The first kappa shape index (κ1) is 15.7. The minimum atomic E-state index is -4.05. The average Bonchev–Trinajstić information content (AvgIpc) is 2.78. The number of aliphatic hydroxyl groups excluding tert-OH is 2. The first-order valence-corrected chi connectivity index (χ1v) is 7.55. The monoisotopic (exact) mass is 316 g/mol. The van der Waals surface area contributed by atoms with Gasteiger partial charge >= 0.3 is 5.97 Å². The molecule has 1 aromatic carbocycles. The highest BCUT2D eigenvalue weighted by molar-refractivity contribution is 7.89. The third-order valence-corrected chi connectivity index (χ3v) is 5.14. The van der Waals surface area contributed by atoms with Crippen LogP contribution in [0, 0.1) is 0 Å². The zero-order valence-electron chi connectivity index (χ0n) is 11.3. The fraction of sp³-hybridized carbons (Fsp3) is 0.417. The summed E-state index contributed by atoms with van der Waals surface area (Å²) in [5, 5.41) is 19.0. The average molecular weight is 316 g/mol. The van der Waals surface area contributed by atoms with Gasteiger partial charge in [-0.25, -0.2) is 13.2 Å². The minimum absolute atomic E-state index is 0.187. The molecule has 0 saturated carbocycles. The van der Waals surface area contributed by atoms with Gasteiger partial charge in [-0.1, -0.05) is 0 Å². The number of hydrogen-bond donors (Lipinski definition) is 3. The van der Waals surface area contributed by atoms with Gasteiger partial charge in [0.25, 0.3) is 0 Å². The number of sulfonamides is 1. The first-order chi connectivity index (χ1) is 9.77. The van der Waals surface area contributed by atoms with Gasteiger partial charge in [-0.15, -0.1) is 0 Å². The lowest BCUT2D eigenvalue weighted by atomic mass is 10.2. The van der Waals surface area contributed by atoms with E-state index < -0.39 is 28.2 Å². The van der Waals surface area contributed by atoms with Crippen LogP contribution in [0.25, 0.3) is 0 Å². The van der Waals surface area contributed by atoms with E-state index in [0.29, 0.717) is 0 Å². The summed E-state index contributed by atoms with van der Waals surface area (Å²) in [7, 11) is -2.92. The third-order valence-electron chi connectivity index (χ3n) is 3.25. The summed E-state index contributed by atoms with van der Waals surface area (Å²) in [5.41, 5.74) is 5.60. The van der Waals surface area contributed by atoms with Gasteiger partial charge < -0.3 is 20.7 Å². The van der Waals surface area contributed by atoms with Crippen molar-refractivity contribution in [1.29, 1.82) is 0 Å². The highest BCUT2D eigenvalue weighted by atomic mass is 32.2. The summed E-state index contributed by atoms with van der Waals surface area (Å²) < 4.78 is 30.5. The molecule has 21 heavy (non-hydrogen) atoms. The van der Waals surface area contributed by atoms with Crippen LogP contribution in [-0.2, 0) is 14.8 Å². The van der Waals surface area contributed by atoms with E-state index in [1.165, 1.54) is 18.2 Å². The summed E-state index contributed by atoms with van der Waals surface area (Å²) in [6.07, 6.45) is -2.31. The van der Waals surface area contributed by atoms with Crippen LogP contribution in [0.1, 0.15) is 10.4 Å². The largest absolute Gasteiger partial charge is 0.465 e. The standard InChI is InChI=1S/C12H16N2O6S/c1-20-12(17)8-4-7(13)2-3-11(8)21(18,19)14-5-9(15)10(16)6-14/h2-4,9-10,15-16H,5-6,13H2,1H3. The molecule has 1 heterocycles. The predicted octanol–water partition coefficient (Wildman–Crippen LogP) is -1.22. The molecule has 0 amide bonds. The highest BCUT2D eigenvalue weighted by Crippen LogP contribution is 2.26. The number of nitrogen functional groups attached to an aromatic ring is 1. The lowest BCUT2D eigenvalue weighted by molar-refractivity contribution is 0.0572. The molecule has 9 heteroatoms. The second-order valence-corrected chi connectivity index (χ2v) is 6.61. The molecule has 1 fully saturated rings. The molecule has 2 rings (SSSR count). The molecule has 2 unspecified atom stereocenters. The number of carbonyl (C=O) groups excluding carboxylic acids is 1. The number of aliphatic hydroxyl groups is 2. The molecule has 1 aliphatic rings. The Morgan fingerprint density at radius 3 is 2.43 bits per heavy atom. The summed E-state index contributed by atoms with van der Waals surface area (Å²) >= 11 is 0. The number of nitrogens with zero attached hydrogens (tertiary/aromatic N) is 1. The Kier molecular flexibility index (Phi) is 4.19. The van der Waals surface area contributed by atoms with Gasteiger partial charge in [0.1, 0.15) is 0 Å². The Balaban J connectivity index is 2.48. The van der Waals surface area contributed by atoms with E-state index in [-0.39, 0.29) is 29.2 Å². The summed E-state index contributed by atoms with van der Waals surface area (Å²) in [5.74, 6) is -0.832. The van der Waals surface area contributed by atoms with Crippen molar-refractivity contribution in [2.24, 2.45) is 0 Å². The zero-order chi connectivity index (χ0) is 15.8. The molecule has 116 valence electrons. The summed E-state index contributed by atoms with van der Waals surface area (Å²) in [4.78, 5) is 11.4. The molecule has 0 bridgehead atoms. The van der Waals surface area contributed by atoms with Crippen molar-refractivity contribution in [1.82, 2.24) is 4.31 Å². The molecular formula is C12H16N2O6S. The quantitative estimate of drug-likeness (QED) is 0.471. The van der Waals surface area contributed by atoms with Gasteiger partial charge in [0.2, 0.25) is 10.0 Å². The maximum absolute atomic E-state index is 12.5. The van der Waals surface area contributed by atoms with E-state index in [4.69, 9.17) is 5.73 Å². The van der Waals surface area contributed by atoms with Gasteiger partial charge in [0.05, 0.1) is 29.8 Å². The Morgan fingerprint density at radius 1 is 1.33 bits per heavy atom. The predicted molar refractivity (Wildman–Crippen MR) is 73.0 cm³/mol. The fourth-order valence-electron chi connectivity index (χ4n) is 2.11. The van der Waals surface area contributed by atoms with E-state index in [2.05, 4.69) is 4.74 Å². The van der Waals surface area contributed by atoms with Crippen molar-refractivity contribution >= 4 is 21.7 Å². The van der Waals surface area contributed by atoms with Crippen LogP contribution in [0.2, 0.25) is 0 Å². The Morgan fingerprint density at radius 2 is 1.90 bits per heavy atom. The molecule has 0 aromatic heterocycles. The molecule has 4 N–H and O–H groups in total. The van der Waals surface area contributed by atoms with Crippen LogP contribution in [0.5, 0.6) is 0 Å². The van der Waals surface area contributed by atoms with Gasteiger partial charge in [0.15, 0.2) is 0 Å². The zero-order valence-corrected chi connectivity index (χ0v) is 12.1. The lowest BCUT2D eigenvalue weighted by Crippen LogP contribution is -2.31. The molecule has 0 radical (unpaired) electrons. The first-order valence-electron chi connectivity index (χ1n) is 6.11. The van der Waals surface area contributed by atoms with Gasteiger partial charge in [-0.3, -0.25) is 0 Å². The van der Waals surface area contributed by atoms with Crippen molar-refractivity contribution in [2.75, 3.05) is 25.9 Å². The van der Waals surface area contributed by atoms with Gasteiger partial charge in [0, 0.05) is 18.8 Å². The van der Waals surface area contributed by atoms with Crippen LogP contribution in [-0.4, -0.2) is 61.3 Å². The summed E-state index contributed by atoms with van der Waals surface area (Å²) in [6, 6.07) is 3.76. The molecule has 1 aromatic rings. The smallest absolute Gasteiger partial charge is 0.339 e. The number of benzene rings is 1.